The van der Waals surface area contributed by atoms with Gasteiger partial charge < -0.3 is 5.32 Å². The van der Waals surface area contributed by atoms with Crippen LogP contribution in [0.3, 0.4) is 0 Å². The van der Waals surface area contributed by atoms with Crippen LogP contribution in [-0.2, 0) is 6.54 Å². The highest BCUT2D eigenvalue weighted by Crippen LogP contribution is 2.16. The van der Waals surface area contributed by atoms with Crippen molar-refractivity contribution in [3.8, 4) is 0 Å². The van der Waals surface area contributed by atoms with E-state index in [-0.39, 0.29) is 11.7 Å². The summed E-state index contributed by atoms with van der Waals surface area (Å²) in [6, 6.07) is 15.4. The number of carbonyl (C=O) groups excluding carboxylic acids is 1. The van der Waals surface area contributed by atoms with Crippen LogP contribution in [0, 0.1) is 12.7 Å². The smallest absolute Gasteiger partial charge is 0.256 e. The number of nitrogens with zero attached hydrogens (tertiary/aromatic N) is 2. The molecule has 0 fully saturated rings. The topological polar surface area (TPSA) is 46.9 Å². The van der Waals surface area contributed by atoms with Gasteiger partial charge in [0.05, 0.1) is 6.54 Å². The van der Waals surface area contributed by atoms with Crippen molar-refractivity contribution >= 4 is 27.7 Å². The molecule has 1 aromatic heterocycles. The lowest BCUT2D eigenvalue weighted by molar-refractivity contribution is 0.102. The fourth-order valence-electron chi connectivity index (χ4n) is 2.34. The summed E-state index contributed by atoms with van der Waals surface area (Å²) in [6.07, 6.45) is 0. The summed E-state index contributed by atoms with van der Waals surface area (Å²) in [5.74, 6) is -0.0761. The second-order valence-corrected chi connectivity index (χ2v) is 6.30. The number of amides is 1. The molecule has 0 spiro atoms. The number of hydrogen-bond donors (Lipinski definition) is 1. The van der Waals surface area contributed by atoms with E-state index in [1.54, 1.807) is 47.1 Å². The molecule has 6 heteroatoms. The van der Waals surface area contributed by atoms with Crippen molar-refractivity contribution in [1.29, 1.82) is 0 Å². The average Bonchev–Trinajstić information content (AvgIpc) is 2.89. The fraction of sp³-hybridized carbons (Fsp3) is 0.111. The summed E-state index contributed by atoms with van der Waals surface area (Å²) < 4.78 is 16.3. The second-order valence-electron chi connectivity index (χ2n) is 5.38. The third kappa shape index (κ3) is 3.71. The Morgan fingerprint density at radius 2 is 2.00 bits per heavy atom. The highest BCUT2D eigenvalue weighted by atomic mass is 79.9. The molecule has 1 N–H and O–H groups in total. The molecule has 24 heavy (non-hydrogen) atoms. The number of aryl methyl sites for hydroxylation is 1. The van der Waals surface area contributed by atoms with Crippen molar-refractivity contribution < 1.29 is 9.18 Å². The SMILES string of the molecule is Cc1cc(NC(=O)c2cccc(Br)c2)nn1Cc1ccccc1F. The third-order valence-electron chi connectivity index (χ3n) is 3.59. The van der Waals surface area contributed by atoms with Gasteiger partial charge in [-0.1, -0.05) is 40.2 Å². The fourth-order valence-corrected chi connectivity index (χ4v) is 2.74. The maximum atomic E-state index is 13.8. The highest BCUT2D eigenvalue weighted by Gasteiger charge is 2.11. The molecule has 2 aromatic carbocycles. The number of aromatic nitrogens is 2. The first-order valence-electron chi connectivity index (χ1n) is 7.38. The van der Waals surface area contributed by atoms with Gasteiger partial charge >= 0.3 is 0 Å². The molecular weight excluding hydrogens is 373 g/mol. The van der Waals surface area contributed by atoms with Crippen molar-refractivity contribution in [1.82, 2.24) is 9.78 Å². The van der Waals surface area contributed by atoms with Crippen LogP contribution in [-0.4, -0.2) is 15.7 Å². The van der Waals surface area contributed by atoms with Gasteiger partial charge in [0, 0.05) is 27.4 Å². The Balaban J connectivity index is 1.77. The van der Waals surface area contributed by atoms with E-state index in [4.69, 9.17) is 0 Å². The predicted molar refractivity (Wildman–Crippen MR) is 94.6 cm³/mol. The Kier molecular flexibility index (Phi) is 4.76. The molecule has 0 radical (unpaired) electrons. The van der Waals surface area contributed by atoms with E-state index in [9.17, 15) is 9.18 Å². The van der Waals surface area contributed by atoms with Gasteiger partial charge in [-0.05, 0) is 31.2 Å². The molecule has 0 unspecified atom stereocenters. The van der Waals surface area contributed by atoms with E-state index in [0.29, 0.717) is 23.5 Å². The first-order valence-corrected chi connectivity index (χ1v) is 8.17. The van der Waals surface area contributed by atoms with Gasteiger partial charge in [0.25, 0.3) is 5.91 Å². The van der Waals surface area contributed by atoms with Crippen LogP contribution in [0.15, 0.2) is 59.1 Å². The van der Waals surface area contributed by atoms with Crippen LogP contribution >= 0.6 is 15.9 Å². The minimum atomic E-state index is -0.271. The zero-order chi connectivity index (χ0) is 17.1. The zero-order valence-electron chi connectivity index (χ0n) is 13.0. The summed E-state index contributed by atoms with van der Waals surface area (Å²) in [4.78, 5) is 12.3. The molecule has 0 atom stereocenters. The summed E-state index contributed by atoms with van der Waals surface area (Å²) in [7, 11) is 0. The van der Waals surface area contributed by atoms with Crippen LogP contribution in [0.5, 0.6) is 0 Å². The van der Waals surface area contributed by atoms with Crippen molar-refractivity contribution in [2.45, 2.75) is 13.5 Å². The lowest BCUT2D eigenvalue weighted by Crippen LogP contribution is -2.13. The van der Waals surface area contributed by atoms with Crippen molar-refractivity contribution in [3.05, 3.63) is 81.7 Å². The van der Waals surface area contributed by atoms with Gasteiger partial charge in [0.1, 0.15) is 5.82 Å². The average molecular weight is 388 g/mol. The minimum Gasteiger partial charge on any atom is -0.305 e. The maximum Gasteiger partial charge on any atom is 0.256 e. The molecule has 0 saturated carbocycles. The van der Waals surface area contributed by atoms with Gasteiger partial charge in [0.15, 0.2) is 5.82 Å². The number of hydrogen-bond acceptors (Lipinski definition) is 2. The molecule has 4 nitrogen and oxygen atoms in total. The van der Waals surface area contributed by atoms with Crippen LogP contribution in [0.4, 0.5) is 10.2 Å². The van der Waals surface area contributed by atoms with Crippen molar-refractivity contribution in [3.63, 3.8) is 0 Å². The van der Waals surface area contributed by atoms with E-state index in [1.165, 1.54) is 6.07 Å². The van der Waals surface area contributed by atoms with Gasteiger partial charge in [-0.15, -0.1) is 0 Å². The molecule has 0 aliphatic heterocycles. The first-order chi connectivity index (χ1) is 11.5. The Morgan fingerprint density at radius 3 is 2.75 bits per heavy atom. The molecule has 3 rings (SSSR count). The molecule has 122 valence electrons. The summed E-state index contributed by atoms with van der Waals surface area (Å²) in [6.45, 7) is 2.17. The van der Waals surface area contributed by atoms with E-state index < -0.39 is 0 Å². The van der Waals surface area contributed by atoms with E-state index >= 15 is 0 Å². The van der Waals surface area contributed by atoms with Gasteiger partial charge in [-0.3, -0.25) is 9.48 Å². The predicted octanol–water partition coefficient (Wildman–Crippen LogP) is 4.39. The van der Waals surface area contributed by atoms with E-state index in [1.807, 2.05) is 13.0 Å². The monoisotopic (exact) mass is 387 g/mol. The third-order valence-corrected chi connectivity index (χ3v) is 4.08. The molecule has 0 bridgehead atoms. The number of halogens is 2. The normalized spacial score (nSPS) is 10.6. The molecule has 0 saturated heterocycles. The maximum absolute atomic E-state index is 13.8. The van der Waals surface area contributed by atoms with Crippen molar-refractivity contribution in [2.75, 3.05) is 5.32 Å². The van der Waals surface area contributed by atoms with Crippen molar-refractivity contribution in [2.24, 2.45) is 0 Å². The largest absolute Gasteiger partial charge is 0.305 e. The van der Waals surface area contributed by atoms with Gasteiger partial charge in [-0.25, -0.2) is 4.39 Å². The summed E-state index contributed by atoms with van der Waals surface area (Å²) in [5, 5.41) is 7.10. The first kappa shape index (κ1) is 16.4. The summed E-state index contributed by atoms with van der Waals surface area (Å²) in [5.41, 5.74) is 1.92. The van der Waals surface area contributed by atoms with Crippen LogP contribution in [0.25, 0.3) is 0 Å². The van der Waals surface area contributed by atoms with Gasteiger partial charge in [0.2, 0.25) is 0 Å². The molecule has 1 amide bonds. The molecule has 3 aromatic rings. The highest BCUT2D eigenvalue weighted by molar-refractivity contribution is 9.10. The van der Waals surface area contributed by atoms with Gasteiger partial charge in [-0.2, -0.15) is 5.10 Å². The van der Waals surface area contributed by atoms with Crippen LogP contribution < -0.4 is 5.32 Å². The molecular formula is C18H15BrFN3O. The number of anilines is 1. The number of carbonyl (C=O) groups is 1. The zero-order valence-corrected chi connectivity index (χ0v) is 14.5. The summed E-state index contributed by atoms with van der Waals surface area (Å²) >= 11 is 3.34. The molecule has 0 aliphatic carbocycles. The number of benzene rings is 2. The lowest BCUT2D eigenvalue weighted by atomic mass is 10.2. The Labute approximate surface area is 147 Å². The molecule has 0 aliphatic rings. The number of rotatable bonds is 4. The van der Waals surface area contributed by atoms with E-state index in [0.717, 1.165) is 10.2 Å². The Bertz CT molecular complexity index is 891. The van der Waals surface area contributed by atoms with Crippen LogP contribution in [0.1, 0.15) is 21.6 Å². The second kappa shape index (κ2) is 6.97. The van der Waals surface area contributed by atoms with Crippen LogP contribution in [0.2, 0.25) is 0 Å². The minimum absolute atomic E-state index is 0.244. The number of nitrogens with one attached hydrogen (secondary N) is 1. The Hall–Kier alpha value is -2.47. The quantitative estimate of drug-likeness (QED) is 0.721. The standard InChI is InChI=1S/C18H15BrFN3O/c1-12-9-17(21-18(24)13-6-4-7-15(19)10-13)22-23(12)11-14-5-2-3-8-16(14)20/h2-10H,11H2,1H3,(H,21,22,24). The van der Waals surface area contributed by atoms with E-state index in [2.05, 4.69) is 26.3 Å². The Morgan fingerprint density at radius 1 is 1.21 bits per heavy atom. The lowest BCUT2D eigenvalue weighted by Gasteiger charge is -2.05. The molecule has 1 heterocycles.